The fraction of sp³-hybridized carbons (Fsp3) is 0.385. The van der Waals surface area contributed by atoms with Crippen molar-refractivity contribution in [1.82, 2.24) is 0 Å². The number of para-hydroxylation sites is 1. The summed E-state index contributed by atoms with van der Waals surface area (Å²) in [6.45, 7) is 3.53. The predicted molar refractivity (Wildman–Crippen MR) is 71.6 cm³/mol. The number of alkyl halides is 4. The van der Waals surface area contributed by atoms with Crippen LogP contribution < -0.4 is 10.5 Å². The summed E-state index contributed by atoms with van der Waals surface area (Å²) in [6, 6.07) is 5.09. The van der Waals surface area contributed by atoms with Crippen LogP contribution in [-0.2, 0) is 0 Å². The molecule has 0 saturated carbocycles. The lowest BCUT2D eigenvalue weighted by Gasteiger charge is -2.21. The third kappa shape index (κ3) is 5.02. The zero-order valence-electron chi connectivity index (χ0n) is 10.6. The molecule has 0 spiro atoms. The predicted octanol–water partition coefficient (Wildman–Crippen LogP) is 4.31. The van der Waals surface area contributed by atoms with Gasteiger partial charge in [0.2, 0.25) is 0 Å². The van der Waals surface area contributed by atoms with Crippen LogP contribution in [0.25, 0.3) is 0 Å². The van der Waals surface area contributed by atoms with Gasteiger partial charge in [-0.1, -0.05) is 24.3 Å². The van der Waals surface area contributed by atoms with Crippen molar-refractivity contribution < 1.29 is 22.3 Å². The maximum atomic E-state index is 12.9. The summed E-state index contributed by atoms with van der Waals surface area (Å²) in [5.74, 6) is -0.329. The number of benzene rings is 1. The molecule has 0 aliphatic rings. The molecule has 0 aromatic heterocycles. The molecule has 2 N–H and O–H groups in total. The van der Waals surface area contributed by atoms with Gasteiger partial charge in [-0.05, 0) is 18.9 Å². The van der Waals surface area contributed by atoms with Crippen molar-refractivity contribution in [3.63, 3.8) is 0 Å². The lowest BCUT2D eigenvalue weighted by atomic mass is 10.0. The van der Waals surface area contributed by atoms with E-state index in [-0.39, 0.29) is 23.7 Å². The molecular formula is C13H16ClF4NO. The standard InChI is InChI=1S/C13H15F4NO.ClH/c1-2-3-7-10(18)9-6-4-5-8-11(9)19-13(16,17)12(14)15;/h2,4-6,8,10,12H,1,3,7,18H2;1H/t10-;/m0./s1. The van der Waals surface area contributed by atoms with Crippen LogP contribution in [0.4, 0.5) is 17.6 Å². The zero-order valence-corrected chi connectivity index (χ0v) is 11.4. The molecule has 1 aromatic carbocycles. The van der Waals surface area contributed by atoms with Crippen molar-refractivity contribution in [1.29, 1.82) is 0 Å². The normalized spacial score (nSPS) is 12.7. The van der Waals surface area contributed by atoms with E-state index in [1.54, 1.807) is 12.1 Å². The van der Waals surface area contributed by atoms with E-state index in [2.05, 4.69) is 11.3 Å². The molecule has 1 atom stereocenters. The van der Waals surface area contributed by atoms with E-state index in [0.29, 0.717) is 12.8 Å². The van der Waals surface area contributed by atoms with Gasteiger partial charge in [0.1, 0.15) is 5.75 Å². The number of nitrogens with two attached hydrogens (primary N) is 1. The highest BCUT2D eigenvalue weighted by Crippen LogP contribution is 2.33. The second-order valence-electron chi connectivity index (χ2n) is 3.97. The van der Waals surface area contributed by atoms with Crippen molar-refractivity contribution in [2.24, 2.45) is 5.73 Å². The highest BCUT2D eigenvalue weighted by Gasteiger charge is 2.44. The second kappa shape index (κ2) is 8.11. The Bertz CT molecular complexity index is 429. The quantitative estimate of drug-likeness (QED) is 0.601. The third-order valence-electron chi connectivity index (χ3n) is 2.50. The van der Waals surface area contributed by atoms with Crippen LogP contribution in [-0.4, -0.2) is 12.5 Å². The molecule has 0 fully saturated rings. The Morgan fingerprint density at radius 1 is 1.30 bits per heavy atom. The average molecular weight is 314 g/mol. The van der Waals surface area contributed by atoms with Gasteiger partial charge in [0.25, 0.3) is 0 Å². The van der Waals surface area contributed by atoms with E-state index in [9.17, 15) is 17.6 Å². The van der Waals surface area contributed by atoms with Crippen LogP contribution >= 0.6 is 12.4 Å². The van der Waals surface area contributed by atoms with Crippen LogP contribution in [0.1, 0.15) is 24.4 Å². The minimum atomic E-state index is -4.53. The second-order valence-corrected chi connectivity index (χ2v) is 3.97. The highest BCUT2D eigenvalue weighted by molar-refractivity contribution is 5.85. The maximum absolute atomic E-state index is 12.9. The Morgan fingerprint density at radius 2 is 1.90 bits per heavy atom. The molecule has 20 heavy (non-hydrogen) atoms. The zero-order chi connectivity index (χ0) is 14.5. The lowest BCUT2D eigenvalue weighted by molar-refractivity contribution is -0.253. The fourth-order valence-corrected chi connectivity index (χ4v) is 1.52. The fourth-order valence-electron chi connectivity index (χ4n) is 1.52. The Labute approximate surface area is 121 Å². The highest BCUT2D eigenvalue weighted by atomic mass is 35.5. The van der Waals surface area contributed by atoms with Crippen molar-refractivity contribution >= 4 is 12.4 Å². The molecule has 0 amide bonds. The third-order valence-corrected chi connectivity index (χ3v) is 2.50. The van der Waals surface area contributed by atoms with Crippen LogP contribution in [0.3, 0.4) is 0 Å². The van der Waals surface area contributed by atoms with Gasteiger partial charge in [0.05, 0.1) is 0 Å². The van der Waals surface area contributed by atoms with Crippen LogP contribution in [0.15, 0.2) is 36.9 Å². The van der Waals surface area contributed by atoms with Crippen molar-refractivity contribution in [2.45, 2.75) is 31.4 Å². The number of halogens is 5. The molecular weight excluding hydrogens is 298 g/mol. The molecule has 0 aliphatic heterocycles. The summed E-state index contributed by atoms with van der Waals surface area (Å²) in [7, 11) is 0. The Morgan fingerprint density at radius 3 is 2.45 bits per heavy atom. The Balaban J connectivity index is 0.00000361. The van der Waals surface area contributed by atoms with Crippen LogP contribution in [0.5, 0.6) is 5.75 Å². The van der Waals surface area contributed by atoms with Gasteiger partial charge in [-0.2, -0.15) is 17.6 Å². The minimum absolute atomic E-state index is 0. The molecule has 0 saturated heterocycles. The van der Waals surface area contributed by atoms with Gasteiger partial charge >= 0.3 is 12.5 Å². The largest absolute Gasteiger partial charge is 0.461 e. The molecule has 7 heteroatoms. The molecule has 0 unspecified atom stereocenters. The van der Waals surface area contributed by atoms with Gasteiger partial charge in [-0.25, -0.2) is 0 Å². The topological polar surface area (TPSA) is 35.2 Å². The van der Waals surface area contributed by atoms with Gasteiger partial charge in [0.15, 0.2) is 0 Å². The first-order valence-electron chi connectivity index (χ1n) is 5.69. The summed E-state index contributed by atoms with van der Waals surface area (Å²) in [4.78, 5) is 0. The molecule has 0 radical (unpaired) electrons. The monoisotopic (exact) mass is 313 g/mol. The Hall–Kier alpha value is -1.27. The number of hydrogen-bond acceptors (Lipinski definition) is 2. The van der Waals surface area contributed by atoms with Crippen molar-refractivity contribution in [3.05, 3.63) is 42.5 Å². The molecule has 0 aliphatic carbocycles. The number of hydrogen-bond donors (Lipinski definition) is 1. The summed E-state index contributed by atoms with van der Waals surface area (Å²) in [5, 5.41) is 0. The van der Waals surface area contributed by atoms with Gasteiger partial charge in [0, 0.05) is 11.6 Å². The smallest absolute Gasteiger partial charge is 0.428 e. The number of allylic oxidation sites excluding steroid dienone is 1. The summed E-state index contributed by atoms with van der Waals surface area (Å²) in [5.41, 5.74) is 6.08. The number of rotatable bonds is 7. The Kier molecular flexibility index (Phi) is 7.60. The van der Waals surface area contributed by atoms with E-state index in [1.807, 2.05) is 0 Å². The van der Waals surface area contributed by atoms with Crippen LogP contribution in [0.2, 0.25) is 0 Å². The van der Waals surface area contributed by atoms with Crippen LogP contribution in [0, 0.1) is 0 Å². The van der Waals surface area contributed by atoms with E-state index in [0.717, 1.165) is 0 Å². The number of ether oxygens (including phenoxy) is 1. The summed E-state index contributed by atoms with van der Waals surface area (Å²) < 4.78 is 54.1. The van der Waals surface area contributed by atoms with Gasteiger partial charge in [-0.3, -0.25) is 0 Å². The minimum Gasteiger partial charge on any atom is -0.428 e. The van der Waals surface area contributed by atoms with E-state index in [4.69, 9.17) is 5.73 Å². The first-order chi connectivity index (χ1) is 8.88. The molecule has 1 rings (SSSR count). The lowest BCUT2D eigenvalue weighted by Crippen LogP contribution is -2.34. The molecule has 0 bridgehead atoms. The first kappa shape index (κ1) is 18.7. The molecule has 0 heterocycles. The van der Waals surface area contributed by atoms with E-state index >= 15 is 0 Å². The van der Waals surface area contributed by atoms with E-state index < -0.39 is 18.6 Å². The molecule has 1 aromatic rings. The SMILES string of the molecule is C=CCC[C@H](N)c1ccccc1OC(F)(F)C(F)F.Cl. The van der Waals surface area contributed by atoms with E-state index in [1.165, 1.54) is 18.2 Å². The first-order valence-corrected chi connectivity index (χ1v) is 5.69. The van der Waals surface area contributed by atoms with Gasteiger partial charge in [-0.15, -0.1) is 19.0 Å². The molecule has 114 valence electrons. The van der Waals surface area contributed by atoms with Crippen molar-refractivity contribution in [3.8, 4) is 5.75 Å². The summed E-state index contributed by atoms with van der Waals surface area (Å²) in [6.07, 6.45) is -5.75. The maximum Gasteiger partial charge on any atom is 0.461 e. The summed E-state index contributed by atoms with van der Waals surface area (Å²) >= 11 is 0. The van der Waals surface area contributed by atoms with Gasteiger partial charge < -0.3 is 10.5 Å². The average Bonchev–Trinajstić information content (AvgIpc) is 2.36. The molecule has 2 nitrogen and oxygen atoms in total. The van der Waals surface area contributed by atoms with Crippen molar-refractivity contribution in [2.75, 3.05) is 0 Å².